The van der Waals surface area contributed by atoms with Crippen LogP contribution in [0.15, 0.2) is 0 Å². The Morgan fingerprint density at radius 1 is 1.26 bits per heavy atom. The predicted molar refractivity (Wildman–Crippen MR) is 85.6 cm³/mol. The first kappa shape index (κ1) is 18.7. The fraction of sp³-hybridized carbons (Fsp3) is 0.941. The van der Waals surface area contributed by atoms with Gasteiger partial charge in [0.25, 0.3) is 0 Å². The smallest absolute Gasteiger partial charge is 0.320 e. The van der Waals surface area contributed by atoms with Crippen molar-refractivity contribution in [2.75, 3.05) is 33.7 Å². The number of ether oxygens (including phenoxy) is 1. The summed E-state index contributed by atoms with van der Waals surface area (Å²) in [6.45, 7) is 4.26. The minimum atomic E-state index is -3.37. The highest BCUT2D eigenvalue weighted by Gasteiger charge is 2.51. The Bertz CT molecular complexity index is 421. The maximum atomic E-state index is 14.1. The molecule has 23 heavy (non-hydrogen) atoms. The van der Waals surface area contributed by atoms with Crippen molar-refractivity contribution in [1.29, 1.82) is 0 Å². The first-order valence-electron chi connectivity index (χ1n) is 8.61. The Kier molecular flexibility index (Phi) is 5.80. The maximum Gasteiger partial charge on any atom is 0.320 e. The third kappa shape index (κ3) is 4.70. The molecule has 0 aromatic heterocycles. The minimum Gasteiger partial charge on any atom is -0.348 e. The van der Waals surface area contributed by atoms with E-state index in [-0.39, 0.29) is 6.54 Å². The molecule has 1 heterocycles. The summed E-state index contributed by atoms with van der Waals surface area (Å²) in [7, 11) is 3.08. The van der Waals surface area contributed by atoms with Gasteiger partial charge in [0.15, 0.2) is 0 Å². The average Bonchev–Trinajstić information content (AvgIpc) is 2.73. The second kappa shape index (κ2) is 7.11. The summed E-state index contributed by atoms with van der Waals surface area (Å²) >= 11 is 0. The van der Waals surface area contributed by atoms with E-state index >= 15 is 0 Å². The minimum absolute atomic E-state index is 0.269. The van der Waals surface area contributed by atoms with Gasteiger partial charge in [-0.3, -0.25) is 9.69 Å². The van der Waals surface area contributed by atoms with Crippen LogP contribution in [-0.4, -0.2) is 67.1 Å². The summed E-state index contributed by atoms with van der Waals surface area (Å²) in [4.78, 5) is 15.6. The van der Waals surface area contributed by atoms with Crippen molar-refractivity contribution in [2.45, 2.75) is 63.7 Å². The number of carbonyl (C=O) groups excluding carboxylic acids is 1. The lowest BCUT2D eigenvalue weighted by Gasteiger charge is -2.34. The Balaban J connectivity index is 1.99. The van der Waals surface area contributed by atoms with E-state index in [0.29, 0.717) is 5.92 Å². The molecule has 0 spiro atoms. The molecule has 1 aliphatic carbocycles. The van der Waals surface area contributed by atoms with Crippen molar-refractivity contribution < 1.29 is 18.3 Å². The van der Waals surface area contributed by atoms with Gasteiger partial charge in [0.2, 0.25) is 5.78 Å². The van der Waals surface area contributed by atoms with Crippen LogP contribution in [0.25, 0.3) is 0 Å². The second-order valence-corrected chi connectivity index (χ2v) is 7.77. The van der Waals surface area contributed by atoms with E-state index in [2.05, 4.69) is 4.90 Å². The van der Waals surface area contributed by atoms with Crippen LogP contribution >= 0.6 is 0 Å². The molecule has 0 bridgehead atoms. The summed E-state index contributed by atoms with van der Waals surface area (Å²) in [5.74, 6) is -3.88. The van der Waals surface area contributed by atoms with E-state index in [1.807, 2.05) is 13.8 Å². The molecule has 0 aromatic carbocycles. The predicted octanol–water partition coefficient (Wildman–Crippen LogP) is 2.77. The molecule has 1 aliphatic heterocycles. The largest absolute Gasteiger partial charge is 0.348 e. The normalized spacial score (nSPS) is 26.8. The molecule has 1 saturated heterocycles. The molecule has 6 heteroatoms. The molecule has 1 unspecified atom stereocenters. The molecule has 134 valence electrons. The molecule has 2 aliphatic rings. The van der Waals surface area contributed by atoms with Gasteiger partial charge in [-0.25, -0.2) is 0 Å². The lowest BCUT2D eigenvalue weighted by atomic mass is 9.88. The molecular formula is C17H30F2N2O2. The summed E-state index contributed by atoms with van der Waals surface area (Å²) in [5.41, 5.74) is -0.661. The van der Waals surface area contributed by atoms with Crippen LogP contribution in [0.4, 0.5) is 8.78 Å². The van der Waals surface area contributed by atoms with Crippen LogP contribution < -0.4 is 0 Å². The highest BCUT2D eigenvalue weighted by atomic mass is 19.3. The van der Waals surface area contributed by atoms with Gasteiger partial charge < -0.3 is 9.64 Å². The van der Waals surface area contributed by atoms with Crippen molar-refractivity contribution >= 4 is 5.78 Å². The molecule has 0 amide bonds. The van der Waals surface area contributed by atoms with Crippen molar-refractivity contribution in [1.82, 2.24) is 9.80 Å². The van der Waals surface area contributed by atoms with Crippen LogP contribution in [0.5, 0.6) is 0 Å². The molecule has 0 N–H and O–H groups in total. The third-order valence-corrected chi connectivity index (χ3v) is 4.95. The number of rotatable bonds is 6. The van der Waals surface area contributed by atoms with E-state index in [9.17, 15) is 13.6 Å². The SMILES string of the molecule is CN(C)CC(F)(F)C(=O)C1CN(CC2CCCCC2)C(C)(C)O1. The topological polar surface area (TPSA) is 32.8 Å². The van der Waals surface area contributed by atoms with Gasteiger partial charge in [-0.2, -0.15) is 8.78 Å². The van der Waals surface area contributed by atoms with Gasteiger partial charge in [-0.15, -0.1) is 0 Å². The summed E-state index contributed by atoms with van der Waals surface area (Å²) in [6, 6.07) is 0. The Hall–Kier alpha value is -0.590. The number of hydrogen-bond acceptors (Lipinski definition) is 4. The molecular weight excluding hydrogens is 302 g/mol. The summed E-state index contributed by atoms with van der Waals surface area (Å²) < 4.78 is 33.8. The van der Waals surface area contributed by atoms with Crippen LogP contribution in [-0.2, 0) is 9.53 Å². The number of alkyl halides is 2. The molecule has 1 atom stereocenters. The number of ketones is 1. The summed E-state index contributed by atoms with van der Waals surface area (Å²) in [6.07, 6.45) is 5.09. The second-order valence-electron chi connectivity index (χ2n) is 7.77. The average molecular weight is 332 g/mol. The number of hydrogen-bond donors (Lipinski definition) is 0. The maximum absolute atomic E-state index is 14.1. The molecule has 0 radical (unpaired) electrons. The number of halogens is 2. The Morgan fingerprint density at radius 3 is 2.43 bits per heavy atom. The van der Waals surface area contributed by atoms with Crippen molar-refractivity contribution in [3.8, 4) is 0 Å². The van der Waals surface area contributed by atoms with Gasteiger partial charge in [0.1, 0.15) is 11.8 Å². The third-order valence-electron chi connectivity index (χ3n) is 4.95. The fourth-order valence-corrected chi connectivity index (χ4v) is 3.70. The van der Waals surface area contributed by atoms with E-state index in [4.69, 9.17) is 4.74 Å². The van der Waals surface area contributed by atoms with Gasteiger partial charge >= 0.3 is 5.92 Å². The van der Waals surface area contributed by atoms with E-state index in [1.165, 1.54) is 51.1 Å². The number of Topliss-reactive ketones (excluding diaryl/α,β-unsaturated/α-hetero) is 1. The quantitative estimate of drug-likeness (QED) is 0.749. The van der Waals surface area contributed by atoms with E-state index < -0.39 is 30.1 Å². The van der Waals surface area contributed by atoms with E-state index in [0.717, 1.165) is 6.54 Å². The van der Waals surface area contributed by atoms with Crippen molar-refractivity contribution in [2.24, 2.45) is 5.92 Å². The lowest BCUT2D eigenvalue weighted by Crippen LogP contribution is -2.46. The molecule has 4 nitrogen and oxygen atoms in total. The van der Waals surface area contributed by atoms with Crippen LogP contribution in [0, 0.1) is 5.92 Å². The van der Waals surface area contributed by atoms with Gasteiger partial charge in [-0.1, -0.05) is 19.3 Å². The first-order chi connectivity index (χ1) is 10.6. The molecule has 1 saturated carbocycles. The monoisotopic (exact) mass is 332 g/mol. The lowest BCUT2D eigenvalue weighted by molar-refractivity contribution is -0.161. The zero-order chi connectivity index (χ0) is 17.3. The highest BCUT2D eigenvalue weighted by Crippen LogP contribution is 2.34. The number of carbonyl (C=O) groups is 1. The fourth-order valence-electron chi connectivity index (χ4n) is 3.70. The standard InChI is InChI=1S/C17H30F2N2O2/c1-16(2)21(10-13-8-6-5-7-9-13)11-14(23-16)15(22)17(18,19)12-20(3)4/h13-14H,5-12H2,1-4H3. The molecule has 2 fully saturated rings. The van der Waals surface area contributed by atoms with Gasteiger partial charge in [0, 0.05) is 13.1 Å². The molecule has 2 rings (SSSR count). The zero-order valence-corrected chi connectivity index (χ0v) is 14.8. The first-order valence-corrected chi connectivity index (χ1v) is 8.61. The van der Waals surface area contributed by atoms with Gasteiger partial charge in [-0.05, 0) is 46.7 Å². The zero-order valence-electron chi connectivity index (χ0n) is 14.8. The Morgan fingerprint density at radius 2 is 1.87 bits per heavy atom. The summed E-state index contributed by atoms with van der Waals surface area (Å²) in [5, 5.41) is 0. The van der Waals surface area contributed by atoms with Gasteiger partial charge in [0.05, 0.1) is 6.54 Å². The molecule has 0 aromatic rings. The highest BCUT2D eigenvalue weighted by molar-refractivity contribution is 5.90. The van der Waals surface area contributed by atoms with Crippen molar-refractivity contribution in [3.05, 3.63) is 0 Å². The number of nitrogens with zero attached hydrogens (tertiary/aromatic N) is 2. The van der Waals surface area contributed by atoms with Crippen molar-refractivity contribution in [3.63, 3.8) is 0 Å². The van der Waals surface area contributed by atoms with Crippen LogP contribution in [0.1, 0.15) is 46.0 Å². The van der Waals surface area contributed by atoms with Crippen LogP contribution in [0.2, 0.25) is 0 Å². The van der Waals surface area contributed by atoms with E-state index in [1.54, 1.807) is 0 Å². The van der Waals surface area contributed by atoms with Crippen LogP contribution in [0.3, 0.4) is 0 Å². The Labute approximate surface area is 138 Å².